The standard InChI is InChI=1S/C26H24ClN3O2/c27-22-11-7-18(8-12-22)6-9-20-10-13-24-21-14-19(16-30(24)25(20)31)15-29(17-21)26(32)28-23-4-2-1-3-5-23/h1-13,19,21H,14-17H2,(H,28,32). The Morgan fingerprint density at radius 3 is 2.50 bits per heavy atom. The van der Waals surface area contributed by atoms with Gasteiger partial charge in [0.1, 0.15) is 0 Å². The lowest BCUT2D eigenvalue weighted by molar-refractivity contribution is 0.139. The van der Waals surface area contributed by atoms with E-state index < -0.39 is 0 Å². The maximum Gasteiger partial charge on any atom is 0.321 e. The summed E-state index contributed by atoms with van der Waals surface area (Å²) in [6.07, 6.45) is 4.80. The Kier molecular flexibility index (Phi) is 5.58. The van der Waals surface area contributed by atoms with Crippen LogP contribution in [0.4, 0.5) is 10.5 Å². The van der Waals surface area contributed by atoms with E-state index in [0.29, 0.717) is 30.2 Å². The molecule has 2 aromatic carbocycles. The average Bonchev–Trinajstić information content (AvgIpc) is 2.80. The van der Waals surface area contributed by atoms with Gasteiger partial charge in [-0.05, 0) is 60.4 Å². The molecule has 3 aromatic rings. The molecule has 32 heavy (non-hydrogen) atoms. The van der Waals surface area contributed by atoms with Crippen LogP contribution in [0.2, 0.25) is 5.02 Å². The van der Waals surface area contributed by atoms with Gasteiger partial charge in [0, 0.05) is 47.5 Å². The number of carbonyl (C=O) groups is 1. The summed E-state index contributed by atoms with van der Waals surface area (Å²) in [5.74, 6) is 0.446. The Morgan fingerprint density at radius 2 is 1.72 bits per heavy atom. The first-order valence-corrected chi connectivity index (χ1v) is 11.2. The van der Waals surface area contributed by atoms with Crippen LogP contribution in [0, 0.1) is 5.92 Å². The van der Waals surface area contributed by atoms with Crippen LogP contribution < -0.4 is 10.9 Å². The van der Waals surface area contributed by atoms with Gasteiger partial charge in [-0.1, -0.05) is 48.0 Å². The number of hydrogen-bond donors (Lipinski definition) is 1. The number of halogens is 1. The fourth-order valence-corrected chi connectivity index (χ4v) is 4.87. The molecule has 162 valence electrons. The van der Waals surface area contributed by atoms with E-state index >= 15 is 0 Å². The molecule has 0 aliphatic carbocycles. The van der Waals surface area contributed by atoms with Crippen LogP contribution in [-0.4, -0.2) is 28.6 Å². The highest BCUT2D eigenvalue weighted by molar-refractivity contribution is 6.30. The van der Waals surface area contributed by atoms with E-state index in [1.54, 1.807) is 0 Å². The lowest BCUT2D eigenvalue weighted by atomic mass is 9.83. The maximum atomic E-state index is 13.2. The molecule has 6 heteroatoms. The molecule has 0 radical (unpaired) electrons. The van der Waals surface area contributed by atoms with Crippen molar-refractivity contribution in [3.63, 3.8) is 0 Å². The highest BCUT2D eigenvalue weighted by Crippen LogP contribution is 2.35. The average molecular weight is 446 g/mol. The molecule has 5 nitrogen and oxygen atoms in total. The first-order chi connectivity index (χ1) is 15.6. The number of anilines is 1. The van der Waals surface area contributed by atoms with Crippen molar-refractivity contribution in [2.75, 3.05) is 18.4 Å². The normalized spacial score (nSPS) is 19.6. The number of fused-ring (bicyclic) bond motifs is 4. The number of benzene rings is 2. The summed E-state index contributed by atoms with van der Waals surface area (Å²) in [5, 5.41) is 3.67. The fourth-order valence-electron chi connectivity index (χ4n) is 4.74. The minimum Gasteiger partial charge on any atom is -0.324 e. The molecular weight excluding hydrogens is 422 g/mol. The van der Waals surface area contributed by atoms with Crippen molar-refractivity contribution in [2.24, 2.45) is 5.92 Å². The van der Waals surface area contributed by atoms with Gasteiger partial charge >= 0.3 is 6.03 Å². The number of nitrogens with one attached hydrogen (secondary N) is 1. The van der Waals surface area contributed by atoms with Crippen LogP contribution >= 0.6 is 11.6 Å². The molecule has 1 aromatic heterocycles. The van der Waals surface area contributed by atoms with Crippen LogP contribution in [-0.2, 0) is 6.54 Å². The second-order valence-electron chi connectivity index (χ2n) is 8.51. The third kappa shape index (κ3) is 4.21. The zero-order valence-corrected chi connectivity index (χ0v) is 18.3. The number of nitrogens with zero attached hydrogens (tertiary/aromatic N) is 2. The van der Waals surface area contributed by atoms with E-state index in [0.717, 1.165) is 23.4 Å². The van der Waals surface area contributed by atoms with Crippen molar-refractivity contribution in [1.29, 1.82) is 0 Å². The van der Waals surface area contributed by atoms with Gasteiger partial charge in [0.2, 0.25) is 0 Å². The maximum absolute atomic E-state index is 13.2. The summed E-state index contributed by atoms with van der Waals surface area (Å²) in [5.41, 5.74) is 3.51. The predicted octanol–water partition coefficient (Wildman–Crippen LogP) is 5.32. The van der Waals surface area contributed by atoms with Crippen molar-refractivity contribution >= 4 is 35.5 Å². The smallest absolute Gasteiger partial charge is 0.321 e. The third-order valence-electron chi connectivity index (χ3n) is 6.27. The number of amides is 2. The highest BCUT2D eigenvalue weighted by Gasteiger charge is 2.36. The summed E-state index contributed by atoms with van der Waals surface area (Å²) >= 11 is 5.94. The van der Waals surface area contributed by atoms with Crippen LogP contribution in [0.3, 0.4) is 0 Å². The number of aromatic nitrogens is 1. The molecule has 0 spiro atoms. The van der Waals surface area contributed by atoms with Gasteiger partial charge < -0.3 is 14.8 Å². The predicted molar refractivity (Wildman–Crippen MR) is 129 cm³/mol. The monoisotopic (exact) mass is 445 g/mol. The number of piperidine rings is 1. The molecule has 5 rings (SSSR count). The van der Waals surface area contributed by atoms with Crippen LogP contribution in [0.1, 0.15) is 29.2 Å². The molecule has 1 N–H and O–H groups in total. The topological polar surface area (TPSA) is 54.3 Å². The fraction of sp³-hybridized carbons (Fsp3) is 0.231. The number of likely N-dealkylation sites (tertiary alicyclic amines) is 1. The quantitative estimate of drug-likeness (QED) is 0.593. The van der Waals surface area contributed by atoms with Gasteiger partial charge in [0.05, 0.1) is 0 Å². The number of para-hydroxylation sites is 1. The number of hydrogen-bond acceptors (Lipinski definition) is 2. The number of carbonyl (C=O) groups excluding carboxylic acids is 1. The molecule has 2 aliphatic heterocycles. The Bertz CT molecular complexity index is 1220. The molecule has 1 saturated heterocycles. The van der Waals surface area contributed by atoms with Crippen molar-refractivity contribution in [3.8, 4) is 0 Å². The molecule has 1 fully saturated rings. The van der Waals surface area contributed by atoms with Gasteiger partial charge in [-0.3, -0.25) is 4.79 Å². The molecule has 2 unspecified atom stereocenters. The Hall–Kier alpha value is -3.31. The van der Waals surface area contributed by atoms with Gasteiger partial charge in [0.25, 0.3) is 5.56 Å². The summed E-state index contributed by atoms with van der Waals surface area (Å²) in [4.78, 5) is 27.9. The summed E-state index contributed by atoms with van der Waals surface area (Å²) in [6, 6.07) is 20.9. The van der Waals surface area contributed by atoms with E-state index in [1.807, 2.05) is 88.3 Å². The summed E-state index contributed by atoms with van der Waals surface area (Å²) in [7, 11) is 0. The van der Waals surface area contributed by atoms with Gasteiger partial charge in [-0.25, -0.2) is 4.79 Å². The molecule has 2 aliphatic rings. The first kappa shape index (κ1) is 20.6. The van der Waals surface area contributed by atoms with Crippen molar-refractivity contribution in [1.82, 2.24) is 9.47 Å². The van der Waals surface area contributed by atoms with E-state index in [-0.39, 0.29) is 23.4 Å². The summed E-state index contributed by atoms with van der Waals surface area (Å²) in [6.45, 7) is 1.92. The molecule has 0 saturated carbocycles. The van der Waals surface area contributed by atoms with Crippen LogP contribution in [0.15, 0.2) is 71.5 Å². The number of pyridine rings is 1. The van der Waals surface area contributed by atoms with Crippen LogP contribution in [0.25, 0.3) is 12.2 Å². The number of rotatable bonds is 3. The first-order valence-electron chi connectivity index (χ1n) is 10.9. The molecule has 2 amide bonds. The van der Waals surface area contributed by atoms with Crippen molar-refractivity contribution in [3.05, 3.63) is 98.9 Å². The third-order valence-corrected chi connectivity index (χ3v) is 6.52. The minimum absolute atomic E-state index is 0.0320. The Labute approximate surface area is 191 Å². The zero-order chi connectivity index (χ0) is 22.1. The lowest BCUT2D eigenvalue weighted by Gasteiger charge is -2.42. The lowest BCUT2D eigenvalue weighted by Crippen LogP contribution is -2.50. The second kappa shape index (κ2) is 8.67. The van der Waals surface area contributed by atoms with E-state index in [2.05, 4.69) is 5.32 Å². The van der Waals surface area contributed by atoms with E-state index in [1.165, 1.54) is 0 Å². The molecule has 3 heterocycles. The van der Waals surface area contributed by atoms with Crippen molar-refractivity contribution < 1.29 is 4.79 Å². The SMILES string of the molecule is O=C(Nc1ccccc1)N1CC2CC(C1)c1ccc(C=Cc3ccc(Cl)cc3)c(=O)n1C2. The highest BCUT2D eigenvalue weighted by atomic mass is 35.5. The second-order valence-corrected chi connectivity index (χ2v) is 8.95. The molecular formula is C26H24ClN3O2. The number of urea groups is 1. The minimum atomic E-state index is -0.0794. The zero-order valence-electron chi connectivity index (χ0n) is 17.6. The Morgan fingerprint density at radius 1 is 0.938 bits per heavy atom. The molecule has 2 atom stereocenters. The largest absolute Gasteiger partial charge is 0.324 e. The van der Waals surface area contributed by atoms with Crippen LogP contribution in [0.5, 0.6) is 0 Å². The van der Waals surface area contributed by atoms with Crippen molar-refractivity contribution in [2.45, 2.75) is 18.9 Å². The van der Waals surface area contributed by atoms with Gasteiger partial charge in [0.15, 0.2) is 0 Å². The van der Waals surface area contributed by atoms with Gasteiger partial charge in [-0.2, -0.15) is 0 Å². The van der Waals surface area contributed by atoms with Gasteiger partial charge in [-0.15, -0.1) is 0 Å². The van der Waals surface area contributed by atoms with E-state index in [9.17, 15) is 9.59 Å². The Balaban J connectivity index is 1.34. The van der Waals surface area contributed by atoms with E-state index in [4.69, 9.17) is 11.6 Å². The summed E-state index contributed by atoms with van der Waals surface area (Å²) < 4.78 is 1.91. The molecule has 2 bridgehead atoms.